The van der Waals surface area contributed by atoms with Gasteiger partial charge in [0.05, 0.1) is 11.6 Å². The number of nitrogens with one attached hydrogen (secondary N) is 1. The zero-order chi connectivity index (χ0) is 17.2. The minimum atomic E-state index is -0.507. The van der Waals surface area contributed by atoms with Gasteiger partial charge >= 0.3 is 0 Å². The molecule has 2 aromatic carbocycles. The van der Waals surface area contributed by atoms with Gasteiger partial charge in [-0.2, -0.15) is 0 Å². The van der Waals surface area contributed by atoms with Crippen molar-refractivity contribution in [2.75, 3.05) is 0 Å². The maximum absolute atomic E-state index is 12.3. The van der Waals surface area contributed by atoms with Crippen molar-refractivity contribution in [3.8, 4) is 17.1 Å². The van der Waals surface area contributed by atoms with Crippen molar-refractivity contribution in [2.45, 2.75) is 19.1 Å². The Balaban J connectivity index is 1.38. The van der Waals surface area contributed by atoms with Gasteiger partial charge < -0.3 is 14.6 Å². The minimum Gasteiger partial charge on any atom is -0.480 e. The molecule has 1 aliphatic heterocycles. The van der Waals surface area contributed by atoms with Crippen molar-refractivity contribution in [1.82, 2.24) is 10.5 Å². The largest absolute Gasteiger partial charge is 0.480 e. The number of hydrogen-bond acceptors (Lipinski definition) is 4. The predicted octanol–water partition coefficient (Wildman–Crippen LogP) is 3.61. The highest BCUT2D eigenvalue weighted by Crippen LogP contribution is 2.29. The normalized spacial score (nSPS) is 15.5. The lowest BCUT2D eigenvalue weighted by Gasteiger charge is -2.10. The number of para-hydroxylation sites is 1. The summed E-state index contributed by atoms with van der Waals surface area (Å²) in [6.45, 7) is 0.267. The third kappa shape index (κ3) is 3.23. The van der Waals surface area contributed by atoms with E-state index in [1.165, 1.54) is 0 Å². The summed E-state index contributed by atoms with van der Waals surface area (Å²) >= 11 is 6.15. The van der Waals surface area contributed by atoms with Crippen LogP contribution in [0.3, 0.4) is 0 Å². The molecule has 1 N–H and O–H groups in total. The molecule has 2 heterocycles. The zero-order valence-corrected chi connectivity index (χ0v) is 14.0. The summed E-state index contributed by atoms with van der Waals surface area (Å²) in [4.78, 5) is 12.3. The van der Waals surface area contributed by atoms with Crippen LogP contribution in [-0.4, -0.2) is 17.2 Å². The van der Waals surface area contributed by atoms with Crippen molar-refractivity contribution < 1.29 is 14.1 Å². The number of hydrogen-bond donors (Lipinski definition) is 1. The Kier molecular flexibility index (Phi) is 4.15. The van der Waals surface area contributed by atoms with Crippen LogP contribution in [0.5, 0.6) is 5.75 Å². The molecular weight excluding hydrogens is 340 g/mol. The monoisotopic (exact) mass is 354 g/mol. The van der Waals surface area contributed by atoms with Crippen LogP contribution in [0.15, 0.2) is 59.1 Å². The maximum atomic E-state index is 12.3. The Morgan fingerprint density at radius 2 is 2.00 bits per heavy atom. The molecule has 1 atom stereocenters. The van der Waals surface area contributed by atoms with E-state index in [1.807, 2.05) is 42.5 Å². The molecule has 0 bridgehead atoms. The van der Waals surface area contributed by atoms with Gasteiger partial charge in [0.2, 0.25) is 0 Å². The molecule has 25 heavy (non-hydrogen) atoms. The van der Waals surface area contributed by atoms with Crippen LogP contribution in [0.4, 0.5) is 0 Å². The Morgan fingerprint density at radius 1 is 1.20 bits per heavy atom. The van der Waals surface area contributed by atoms with Gasteiger partial charge in [-0.3, -0.25) is 4.79 Å². The highest BCUT2D eigenvalue weighted by Gasteiger charge is 2.28. The number of nitrogens with zero attached hydrogens (tertiary/aromatic N) is 1. The third-order valence-electron chi connectivity index (χ3n) is 4.08. The molecule has 0 saturated carbocycles. The summed E-state index contributed by atoms with van der Waals surface area (Å²) in [5, 5.41) is 7.41. The second-order valence-corrected chi connectivity index (χ2v) is 6.21. The highest BCUT2D eigenvalue weighted by atomic mass is 35.5. The number of carbonyl (C=O) groups is 1. The molecule has 4 rings (SSSR count). The lowest BCUT2D eigenvalue weighted by Crippen LogP contribution is -2.37. The minimum absolute atomic E-state index is 0.168. The van der Waals surface area contributed by atoms with E-state index in [4.69, 9.17) is 20.9 Å². The summed E-state index contributed by atoms with van der Waals surface area (Å²) in [7, 11) is 0. The van der Waals surface area contributed by atoms with E-state index in [2.05, 4.69) is 10.5 Å². The van der Waals surface area contributed by atoms with Crippen LogP contribution in [0, 0.1) is 0 Å². The number of carbonyl (C=O) groups excluding carboxylic acids is 1. The molecule has 1 amide bonds. The van der Waals surface area contributed by atoms with Crippen LogP contribution >= 0.6 is 11.6 Å². The number of fused-ring (bicyclic) bond motifs is 1. The van der Waals surface area contributed by atoms with Gasteiger partial charge in [-0.15, -0.1) is 0 Å². The molecule has 126 valence electrons. The van der Waals surface area contributed by atoms with Crippen LogP contribution in [-0.2, 0) is 17.8 Å². The lowest BCUT2D eigenvalue weighted by molar-refractivity contribution is -0.127. The molecule has 0 spiro atoms. The second kappa shape index (κ2) is 6.61. The van der Waals surface area contributed by atoms with Crippen molar-refractivity contribution in [2.24, 2.45) is 0 Å². The Morgan fingerprint density at radius 3 is 2.84 bits per heavy atom. The van der Waals surface area contributed by atoms with E-state index in [9.17, 15) is 4.79 Å². The first-order chi connectivity index (χ1) is 12.2. The van der Waals surface area contributed by atoms with E-state index >= 15 is 0 Å². The van der Waals surface area contributed by atoms with Gasteiger partial charge in [-0.1, -0.05) is 47.1 Å². The number of aromatic nitrogens is 1. The lowest BCUT2D eigenvalue weighted by atomic mass is 10.1. The first-order valence-corrected chi connectivity index (χ1v) is 8.31. The van der Waals surface area contributed by atoms with Crippen molar-refractivity contribution >= 4 is 17.5 Å². The van der Waals surface area contributed by atoms with Gasteiger partial charge in [0, 0.05) is 18.1 Å². The second-order valence-electron chi connectivity index (χ2n) is 5.80. The molecule has 1 aromatic heterocycles. The van der Waals surface area contributed by atoms with Gasteiger partial charge in [-0.05, 0) is 23.8 Å². The quantitative estimate of drug-likeness (QED) is 0.777. The fourth-order valence-electron chi connectivity index (χ4n) is 2.80. The van der Waals surface area contributed by atoms with Crippen LogP contribution < -0.4 is 10.1 Å². The van der Waals surface area contributed by atoms with E-state index in [-0.39, 0.29) is 12.5 Å². The predicted molar refractivity (Wildman–Crippen MR) is 93.4 cm³/mol. The number of amides is 1. The Labute approximate surface area is 149 Å². The Hall–Kier alpha value is -2.79. The molecule has 5 nitrogen and oxygen atoms in total. The third-order valence-corrected chi connectivity index (χ3v) is 4.41. The standard InChI is InChI=1S/C19H15ClN2O3/c20-15-7-3-2-6-14(15)17-10-13(22-25-17)11-21-19(23)18-9-12-5-1-4-8-16(12)24-18/h1-8,10,18H,9,11H2,(H,21,23). The van der Waals surface area contributed by atoms with E-state index < -0.39 is 6.10 Å². The smallest absolute Gasteiger partial charge is 0.261 e. The SMILES string of the molecule is O=C(NCc1cc(-c2ccccc2Cl)on1)C1Cc2ccccc2O1. The van der Waals surface area contributed by atoms with E-state index in [1.54, 1.807) is 12.1 Å². The molecule has 3 aromatic rings. The Bertz CT molecular complexity index is 897. The van der Waals surface area contributed by atoms with Gasteiger partial charge in [-0.25, -0.2) is 0 Å². The summed E-state index contributed by atoms with van der Waals surface area (Å²) in [5.74, 6) is 1.17. The number of rotatable bonds is 4. The first-order valence-electron chi connectivity index (χ1n) is 7.93. The maximum Gasteiger partial charge on any atom is 0.261 e. The van der Waals surface area contributed by atoms with Crippen LogP contribution in [0.25, 0.3) is 11.3 Å². The summed E-state index contributed by atoms with van der Waals surface area (Å²) < 4.78 is 11.0. The van der Waals surface area contributed by atoms with Crippen molar-refractivity contribution in [3.05, 3.63) is 70.9 Å². The zero-order valence-electron chi connectivity index (χ0n) is 13.2. The number of benzene rings is 2. The average Bonchev–Trinajstić information content (AvgIpc) is 3.27. The molecular formula is C19H15ClN2O3. The molecule has 6 heteroatoms. The van der Waals surface area contributed by atoms with E-state index in [0.29, 0.717) is 22.9 Å². The summed E-state index contributed by atoms with van der Waals surface area (Å²) in [6, 6.07) is 16.8. The van der Waals surface area contributed by atoms with Crippen molar-refractivity contribution in [1.29, 1.82) is 0 Å². The highest BCUT2D eigenvalue weighted by molar-refractivity contribution is 6.33. The molecule has 0 radical (unpaired) electrons. The molecule has 0 fully saturated rings. The molecule has 0 aliphatic carbocycles. The number of halogens is 1. The molecule has 1 unspecified atom stereocenters. The van der Waals surface area contributed by atoms with Crippen LogP contribution in [0.2, 0.25) is 5.02 Å². The number of ether oxygens (including phenoxy) is 1. The van der Waals surface area contributed by atoms with Crippen molar-refractivity contribution in [3.63, 3.8) is 0 Å². The molecule has 1 aliphatic rings. The van der Waals surface area contributed by atoms with Gasteiger partial charge in [0.25, 0.3) is 5.91 Å². The summed E-state index contributed by atoms with van der Waals surface area (Å²) in [5.41, 5.74) is 2.44. The fraction of sp³-hybridized carbons (Fsp3) is 0.158. The van der Waals surface area contributed by atoms with Gasteiger partial charge in [0.15, 0.2) is 11.9 Å². The van der Waals surface area contributed by atoms with E-state index in [0.717, 1.165) is 16.9 Å². The summed E-state index contributed by atoms with van der Waals surface area (Å²) in [6.07, 6.45) is 0.0680. The molecule has 0 saturated heterocycles. The van der Waals surface area contributed by atoms with Crippen LogP contribution in [0.1, 0.15) is 11.3 Å². The first kappa shape index (κ1) is 15.7. The fourth-order valence-corrected chi connectivity index (χ4v) is 3.03. The topological polar surface area (TPSA) is 64.4 Å². The average molecular weight is 355 g/mol. The van der Waals surface area contributed by atoms with Gasteiger partial charge in [0.1, 0.15) is 11.4 Å².